The lowest BCUT2D eigenvalue weighted by molar-refractivity contribution is 0.0618. The van der Waals surface area contributed by atoms with Gasteiger partial charge < -0.3 is 9.64 Å². The van der Waals surface area contributed by atoms with Crippen molar-refractivity contribution < 1.29 is 9.53 Å². The summed E-state index contributed by atoms with van der Waals surface area (Å²) in [7, 11) is 1.72. The minimum atomic E-state index is -0.0264. The van der Waals surface area contributed by atoms with Crippen LogP contribution in [0.15, 0.2) is 30.9 Å². The van der Waals surface area contributed by atoms with E-state index in [1.165, 1.54) is 0 Å². The molecular weight excluding hydrogens is 308 g/mol. The van der Waals surface area contributed by atoms with Crippen molar-refractivity contribution in [1.29, 1.82) is 0 Å². The first-order chi connectivity index (χ1) is 11.8. The highest BCUT2D eigenvalue weighted by Crippen LogP contribution is 2.10. The standard InChI is InChI=1S/C16H22N6O2/c1-24-11-3-6-20-7-9-21(10-8-20)16(23)14-4-2-5-15(19-14)22-12-17-18-13-22/h2,4-5,12-13H,3,6-11H2,1H3. The van der Waals surface area contributed by atoms with E-state index in [0.717, 1.165) is 45.8 Å². The summed E-state index contributed by atoms with van der Waals surface area (Å²) >= 11 is 0. The summed E-state index contributed by atoms with van der Waals surface area (Å²) in [6, 6.07) is 5.41. The third kappa shape index (κ3) is 3.95. The first kappa shape index (κ1) is 16.5. The van der Waals surface area contributed by atoms with Crippen LogP contribution in [0.3, 0.4) is 0 Å². The fourth-order valence-corrected chi connectivity index (χ4v) is 2.77. The van der Waals surface area contributed by atoms with Gasteiger partial charge in [-0.25, -0.2) is 4.98 Å². The van der Waals surface area contributed by atoms with Crippen molar-refractivity contribution in [3.63, 3.8) is 0 Å². The van der Waals surface area contributed by atoms with E-state index in [-0.39, 0.29) is 5.91 Å². The molecule has 0 unspecified atom stereocenters. The Morgan fingerprint density at radius 3 is 2.62 bits per heavy atom. The molecule has 1 saturated heterocycles. The molecule has 0 N–H and O–H groups in total. The molecule has 0 aliphatic carbocycles. The molecular formula is C16H22N6O2. The van der Waals surface area contributed by atoms with Gasteiger partial charge in [-0.15, -0.1) is 10.2 Å². The van der Waals surface area contributed by atoms with Crippen LogP contribution in [-0.2, 0) is 4.74 Å². The summed E-state index contributed by atoms with van der Waals surface area (Å²) < 4.78 is 6.77. The minimum absolute atomic E-state index is 0.0264. The van der Waals surface area contributed by atoms with Crippen molar-refractivity contribution in [3.05, 3.63) is 36.5 Å². The predicted octanol–water partition coefficient (Wildman–Crippen LogP) is 0.457. The summed E-state index contributed by atoms with van der Waals surface area (Å²) in [5, 5.41) is 7.53. The maximum Gasteiger partial charge on any atom is 0.272 e. The fourth-order valence-electron chi connectivity index (χ4n) is 2.77. The first-order valence-electron chi connectivity index (χ1n) is 8.10. The van der Waals surface area contributed by atoms with Crippen LogP contribution in [0, 0.1) is 0 Å². The number of hydrogen-bond acceptors (Lipinski definition) is 6. The lowest BCUT2D eigenvalue weighted by atomic mass is 10.2. The van der Waals surface area contributed by atoms with Gasteiger partial charge in [0.1, 0.15) is 24.2 Å². The highest BCUT2D eigenvalue weighted by atomic mass is 16.5. The lowest BCUT2D eigenvalue weighted by Crippen LogP contribution is -2.49. The van der Waals surface area contributed by atoms with E-state index in [2.05, 4.69) is 20.1 Å². The van der Waals surface area contributed by atoms with Crippen LogP contribution in [-0.4, -0.2) is 81.9 Å². The average Bonchev–Trinajstić information content (AvgIpc) is 3.17. The van der Waals surface area contributed by atoms with Gasteiger partial charge in [0.25, 0.3) is 5.91 Å². The number of pyridine rings is 1. The summed E-state index contributed by atoms with van der Waals surface area (Å²) in [6.07, 6.45) is 4.15. The van der Waals surface area contributed by atoms with Crippen LogP contribution in [0.5, 0.6) is 0 Å². The molecule has 2 aromatic heterocycles. The average molecular weight is 330 g/mol. The molecule has 2 aromatic rings. The summed E-state index contributed by atoms with van der Waals surface area (Å²) in [4.78, 5) is 21.3. The van der Waals surface area contributed by atoms with Crippen LogP contribution in [0.4, 0.5) is 0 Å². The van der Waals surface area contributed by atoms with Crippen molar-refractivity contribution in [3.8, 4) is 5.82 Å². The molecule has 0 atom stereocenters. The molecule has 1 aliphatic rings. The Bertz CT molecular complexity index is 652. The molecule has 8 heteroatoms. The Hall–Kier alpha value is -2.32. The SMILES string of the molecule is COCCCN1CCN(C(=O)c2cccc(-n3cnnc3)n2)CC1. The number of piperazine rings is 1. The van der Waals surface area contributed by atoms with Crippen molar-refractivity contribution in [2.75, 3.05) is 46.4 Å². The molecule has 0 aromatic carbocycles. The van der Waals surface area contributed by atoms with Crippen LogP contribution < -0.4 is 0 Å². The van der Waals surface area contributed by atoms with Crippen molar-refractivity contribution in [2.45, 2.75) is 6.42 Å². The van der Waals surface area contributed by atoms with E-state index in [0.29, 0.717) is 11.5 Å². The normalized spacial score (nSPS) is 15.6. The van der Waals surface area contributed by atoms with E-state index < -0.39 is 0 Å². The Morgan fingerprint density at radius 2 is 1.92 bits per heavy atom. The molecule has 24 heavy (non-hydrogen) atoms. The number of carbonyl (C=O) groups is 1. The monoisotopic (exact) mass is 330 g/mol. The maximum atomic E-state index is 12.7. The third-order valence-electron chi connectivity index (χ3n) is 4.12. The zero-order valence-corrected chi connectivity index (χ0v) is 13.8. The molecule has 3 heterocycles. The summed E-state index contributed by atoms with van der Waals surface area (Å²) in [5.41, 5.74) is 0.453. The van der Waals surface area contributed by atoms with Crippen molar-refractivity contribution in [2.24, 2.45) is 0 Å². The summed E-state index contributed by atoms with van der Waals surface area (Å²) in [5.74, 6) is 0.616. The number of amides is 1. The van der Waals surface area contributed by atoms with Gasteiger partial charge in [-0.1, -0.05) is 6.07 Å². The van der Waals surface area contributed by atoms with Gasteiger partial charge >= 0.3 is 0 Å². The van der Waals surface area contributed by atoms with Crippen molar-refractivity contribution >= 4 is 5.91 Å². The van der Waals surface area contributed by atoms with Crippen LogP contribution in [0.2, 0.25) is 0 Å². The zero-order valence-electron chi connectivity index (χ0n) is 13.8. The summed E-state index contributed by atoms with van der Waals surface area (Å²) in [6.45, 7) is 5.02. The second-order valence-electron chi connectivity index (χ2n) is 5.73. The molecule has 0 radical (unpaired) electrons. The van der Waals surface area contributed by atoms with E-state index in [4.69, 9.17) is 4.74 Å². The maximum absolute atomic E-state index is 12.7. The molecule has 0 saturated carbocycles. The van der Waals surface area contributed by atoms with Gasteiger partial charge in [0.05, 0.1) is 0 Å². The molecule has 1 fully saturated rings. The quantitative estimate of drug-likeness (QED) is 0.716. The molecule has 3 rings (SSSR count). The molecule has 8 nitrogen and oxygen atoms in total. The lowest BCUT2D eigenvalue weighted by Gasteiger charge is -2.34. The van der Waals surface area contributed by atoms with Crippen LogP contribution >= 0.6 is 0 Å². The smallest absolute Gasteiger partial charge is 0.272 e. The Labute approximate surface area is 141 Å². The highest BCUT2D eigenvalue weighted by molar-refractivity contribution is 5.92. The topological polar surface area (TPSA) is 76.4 Å². The number of methoxy groups -OCH3 is 1. The highest BCUT2D eigenvalue weighted by Gasteiger charge is 2.22. The number of ether oxygens (including phenoxy) is 1. The molecule has 0 spiro atoms. The van der Waals surface area contributed by atoms with Crippen LogP contribution in [0.1, 0.15) is 16.9 Å². The van der Waals surface area contributed by atoms with E-state index in [9.17, 15) is 4.79 Å². The second kappa shape index (κ2) is 7.98. The Kier molecular flexibility index (Phi) is 5.50. The number of hydrogen-bond donors (Lipinski definition) is 0. The van der Waals surface area contributed by atoms with Crippen LogP contribution in [0.25, 0.3) is 5.82 Å². The van der Waals surface area contributed by atoms with Gasteiger partial charge in [0, 0.05) is 46.4 Å². The molecule has 0 bridgehead atoms. The molecule has 1 amide bonds. The first-order valence-corrected chi connectivity index (χ1v) is 8.10. The van der Waals surface area contributed by atoms with Gasteiger partial charge in [-0.05, 0) is 18.6 Å². The van der Waals surface area contributed by atoms with Gasteiger partial charge in [0.15, 0.2) is 0 Å². The minimum Gasteiger partial charge on any atom is -0.385 e. The fraction of sp³-hybridized carbons (Fsp3) is 0.500. The van der Waals surface area contributed by atoms with Gasteiger partial charge in [-0.3, -0.25) is 14.3 Å². The Morgan fingerprint density at radius 1 is 1.17 bits per heavy atom. The van der Waals surface area contributed by atoms with Crippen molar-refractivity contribution in [1.82, 2.24) is 29.5 Å². The van der Waals surface area contributed by atoms with E-state index in [1.54, 1.807) is 30.4 Å². The van der Waals surface area contributed by atoms with Gasteiger partial charge in [0.2, 0.25) is 0 Å². The largest absolute Gasteiger partial charge is 0.385 e. The predicted molar refractivity (Wildman–Crippen MR) is 88.0 cm³/mol. The number of aromatic nitrogens is 4. The second-order valence-corrected chi connectivity index (χ2v) is 5.73. The number of carbonyl (C=O) groups excluding carboxylic acids is 1. The molecule has 128 valence electrons. The van der Waals surface area contributed by atoms with E-state index >= 15 is 0 Å². The number of nitrogens with zero attached hydrogens (tertiary/aromatic N) is 6. The van der Waals surface area contributed by atoms with E-state index in [1.807, 2.05) is 17.0 Å². The zero-order chi connectivity index (χ0) is 16.8. The third-order valence-corrected chi connectivity index (χ3v) is 4.12. The molecule has 1 aliphatic heterocycles. The number of rotatable bonds is 6. The Balaban J connectivity index is 1.59. The van der Waals surface area contributed by atoms with Gasteiger partial charge in [-0.2, -0.15) is 0 Å².